The van der Waals surface area contributed by atoms with Gasteiger partial charge in [-0.25, -0.2) is 9.97 Å². The Morgan fingerprint density at radius 2 is 2.00 bits per heavy atom. The Kier molecular flexibility index (Phi) is 6.37. The summed E-state index contributed by atoms with van der Waals surface area (Å²) < 4.78 is 5.39. The van der Waals surface area contributed by atoms with Crippen molar-refractivity contribution in [3.05, 3.63) is 41.7 Å². The van der Waals surface area contributed by atoms with Gasteiger partial charge in [0.2, 0.25) is 0 Å². The smallest absolute Gasteiger partial charge is 0.311 e. The van der Waals surface area contributed by atoms with Crippen LogP contribution in [0.25, 0.3) is 11.4 Å². The van der Waals surface area contributed by atoms with Crippen LogP contribution in [0.2, 0.25) is 0 Å². The molecule has 138 valence electrons. The summed E-state index contributed by atoms with van der Waals surface area (Å²) in [4.78, 5) is 21.1. The van der Waals surface area contributed by atoms with Gasteiger partial charge in [0.25, 0.3) is 0 Å². The maximum absolute atomic E-state index is 11.8. The molecule has 0 fully saturated rings. The highest BCUT2D eigenvalue weighted by Gasteiger charge is 2.19. The van der Waals surface area contributed by atoms with Gasteiger partial charge in [0, 0.05) is 23.9 Å². The number of hydrogen-bond donors (Lipinski definition) is 0. The third kappa shape index (κ3) is 4.69. The van der Waals surface area contributed by atoms with Gasteiger partial charge in [0.15, 0.2) is 5.82 Å². The van der Waals surface area contributed by atoms with Crippen molar-refractivity contribution in [2.24, 2.45) is 5.92 Å². The van der Waals surface area contributed by atoms with Crippen molar-refractivity contribution in [1.82, 2.24) is 9.97 Å². The van der Waals surface area contributed by atoms with Crippen LogP contribution in [0.1, 0.15) is 63.6 Å². The highest BCUT2D eigenvalue weighted by atomic mass is 16.5. The van der Waals surface area contributed by atoms with E-state index in [2.05, 4.69) is 18.8 Å². The largest absolute Gasteiger partial charge is 0.427 e. The van der Waals surface area contributed by atoms with Crippen LogP contribution in [-0.4, -0.2) is 15.9 Å². The van der Waals surface area contributed by atoms with E-state index in [0.717, 1.165) is 49.4 Å². The third-order valence-corrected chi connectivity index (χ3v) is 5.16. The molecule has 0 saturated carbocycles. The molecule has 26 heavy (non-hydrogen) atoms. The predicted molar refractivity (Wildman–Crippen MR) is 103 cm³/mol. The second-order valence-electron chi connectivity index (χ2n) is 7.14. The van der Waals surface area contributed by atoms with Gasteiger partial charge in [-0.2, -0.15) is 0 Å². The zero-order valence-electron chi connectivity index (χ0n) is 15.8. The van der Waals surface area contributed by atoms with E-state index in [1.807, 2.05) is 30.5 Å². The molecule has 0 radical (unpaired) electrons. The summed E-state index contributed by atoms with van der Waals surface area (Å²) >= 11 is 0. The Balaban J connectivity index is 1.64. The van der Waals surface area contributed by atoms with Gasteiger partial charge >= 0.3 is 5.97 Å². The molecule has 3 rings (SSSR count). The minimum Gasteiger partial charge on any atom is -0.427 e. The number of carbonyl (C=O) groups excluding carboxylic acids is 1. The van der Waals surface area contributed by atoms with E-state index in [-0.39, 0.29) is 5.97 Å². The lowest BCUT2D eigenvalue weighted by Gasteiger charge is -2.22. The molecule has 1 heterocycles. The number of unbranched alkanes of at least 4 members (excludes halogenated alkanes) is 2. The van der Waals surface area contributed by atoms with E-state index in [0.29, 0.717) is 12.2 Å². The predicted octanol–water partition coefficient (Wildman–Crippen LogP) is 5.14. The van der Waals surface area contributed by atoms with Gasteiger partial charge in [0.1, 0.15) is 5.75 Å². The molecule has 1 aliphatic carbocycles. The van der Waals surface area contributed by atoms with E-state index in [9.17, 15) is 4.79 Å². The molecule has 0 aliphatic heterocycles. The quantitative estimate of drug-likeness (QED) is 0.393. The average molecular weight is 352 g/mol. The number of benzene rings is 1. The van der Waals surface area contributed by atoms with Crippen molar-refractivity contribution in [2.75, 3.05) is 0 Å². The summed E-state index contributed by atoms with van der Waals surface area (Å²) in [7, 11) is 0. The van der Waals surface area contributed by atoms with Crippen molar-refractivity contribution < 1.29 is 9.53 Å². The molecule has 1 aliphatic rings. The number of carbonyl (C=O) groups is 1. The summed E-state index contributed by atoms with van der Waals surface area (Å²) in [6, 6.07) is 7.49. The van der Waals surface area contributed by atoms with Crippen molar-refractivity contribution >= 4 is 5.97 Å². The molecule has 0 saturated heterocycles. The number of ether oxygens (including phenoxy) is 1. The molecule has 1 aromatic heterocycles. The molecule has 1 aromatic carbocycles. The van der Waals surface area contributed by atoms with E-state index < -0.39 is 0 Å². The lowest BCUT2D eigenvalue weighted by atomic mass is 9.86. The maximum atomic E-state index is 11.8. The molecule has 1 atom stereocenters. The summed E-state index contributed by atoms with van der Waals surface area (Å²) in [6.07, 6.45) is 10.1. The van der Waals surface area contributed by atoms with Crippen LogP contribution in [0.4, 0.5) is 0 Å². The Morgan fingerprint density at radius 3 is 2.73 bits per heavy atom. The first-order chi connectivity index (χ1) is 12.7. The summed E-state index contributed by atoms with van der Waals surface area (Å²) in [6.45, 7) is 4.37. The first-order valence-electron chi connectivity index (χ1n) is 9.85. The number of aryl methyl sites for hydroxylation is 1. The first kappa shape index (κ1) is 18.6. The molecule has 0 bridgehead atoms. The molecule has 0 N–H and O–H groups in total. The number of esters is 1. The Hall–Kier alpha value is -2.23. The SMILES string of the molecule is CCCCCC(=O)Oc1ccc(-c2ncc3c(n2)CCC(CC)C3)cc1. The number of nitrogens with zero attached hydrogens (tertiary/aromatic N) is 2. The standard InChI is InChI=1S/C22H28N2O2/c1-3-5-6-7-21(25)26-19-11-9-17(10-12-19)22-23-15-18-14-16(4-2)8-13-20(18)24-22/h9-12,15-16H,3-8,13-14H2,1-2H3. The second kappa shape index (κ2) is 8.93. The zero-order valence-corrected chi connectivity index (χ0v) is 15.8. The highest BCUT2D eigenvalue weighted by molar-refractivity contribution is 5.72. The number of hydrogen-bond acceptors (Lipinski definition) is 4. The Bertz CT molecular complexity index is 740. The Labute approximate surface area is 156 Å². The fraction of sp³-hybridized carbons (Fsp3) is 0.500. The molecular weight excluding hydrogens is 324 g/mol. The topological polar surface area (TPSA) is 52.1 Å². The van der Waals surface area contributed by atoms with Crippen LogP contribution < -0.4 is 4.74 Å². The van der Waals surface area contributed by atoms with Crippen molar-refractivity contribution in [1.29, 1.82) is 0 Å². The van der Waals surface area contributed by atoms with Crippen LogP contribution in [0.5, 0.6) is 5.75 Å². The zero-order chi connectivity index (χ0) is 18.4. The van der Waals surface area contributed by atoms with E-state index in [1.165, 1.54) is 24.1 Å². The van der Waals surface area contributed by atoms with E-state index in [4.69, 9.17) is 9.72 Å². The van der Waals surface area contributed by atoms with Crippen LogP contribution in [0.3, 0.4) is 0 Å². The number of rotatable bonds is 7. The molecule has 0 amide bonds. The number of fused-ring (bicyclic) bond motifs is 1. The third-order valence-electron chi connectivity index (χ3n) is 5.16. The fourth-order valence-electron chi connectivity index (χ4n) is 3.44. The van der Waals surface area contributed by atoms with Crippen LogP contribution in [-0.2, 0) is 17.6 Å². The highest BCUT2D eigenvalue weighted by Crippen LogP contribution is 2.28. The normalized spacial score (nSPS) is 16.2. The average Bonchev–Trinajstić information content (AvgIpc) is 2.68. The van der Waals surface area contributed by atoms with E-state index >= 15 is 0 Å². The molecular formula is C22H28N2O2. The lowest BCUT2D eigenvalue weighted by Crippen LogP contribution is -2.15. The van der Waals surface area contributed by atoms with Gasteiger partial charge in [-0.3, -0.25) is 4.79 Å². The van der Waals surface area contributed by atoms with Crippen molar-refractivity contribution in [3.8, 4) is 17.1 Å². The first-order valence-corrected chi connectivity index (χ1v) is 9.85. The van der Waals surface area contributed by atoms with Crippen LogP contribution in [0, 0.1) is 5.92 Å². The van der Waals surface area contributed by atoms with Crippen LogP contribution >= 0.6 is 0 Å². The van der Waals surface area contributed by atoms with Gasteiger partial charge in [0.05, 0.1) is 0 Å². The van der Waals surface area contributed by atoms with Gasteiger partial charge < -0.3 is 4.74 Å². The molecule has 4 heteroatoms. The van der Waals surface area contributed by atoms with Gasteiger partial charge in [-0.15, -0.1) is 0 Å². The summed E-state index contributed by atoms with van der Waals surface area (Å²) in [5, 5.41) is 0. The summed E-state index contributed by atoms with van der Waals surface area (Å²) in [5.74, 6) is 1.93. The van der Waals surface area contributed by atoms with Crippen molar-refractivity contribution in [3.63, 3.8) is 0 Å². The van der Waals surface area contributed by atoms with Gasteiger partial charge in [-0.1, -0.05) is 33.1 Å². The monoisotopic (exact) mass is 352 g/mol. The Morgan fingerprint density at radius 1 is 1.19 bits per heavy atom. The van der Waals surface area contributed by atoms with Crippen molar-refractivity contribution in [2.45, 2.75) is 65.2 Å². The maximum Gasteiger partial charge on any atom is 0.311 e. The lowest BCUT2D eigenvalue weighted by molar-refractivity contribution is -0.134. The van der Waals surface area contributed by atoms with E-state index in [1.54, 1.807) is 0 Å². The second-order valence-corrected chi connectivity index (χ2v) is 7.14. The minimum absolute atomic E-state index is 0.165. The molecule has 2 aromatic rings. The van der Waals surface area contributed by atoms with Crippen LogP contribution in [0.15, 0.2) is 30.5 Å². The molecule has 0 spiro atoms. The number of aromatic nitrogens is 2. The summed E-state index contributed by atoms with van der Waals surface area (Å²) in [5.41, 5.74) is 3.44. The van der Waals surface area contributed by atoms with Gasteiger partial charge in [-0.05, 0) is 61.4 Å². The molecule has 1 unspecified atom stereocenters. The fourth-order valence-corrected chi connectivity index (χ4v) is 3.44. The molecule has 4 nitrogen and oxygen atoms in total. The minimum atomic E-state index is -0.165.